The SMILES string of the molecule is CC1(C)Cc2cccc(C(=O)NC3CN4C(N)=N[C@@H](CN5C(=O)CN(c6ccccc6)C5=O)[C@@H]5N=C(N)NC54C3(O)O)c2C1. The van der Waals surface area contributed by atoms with Gasteiger partial charge in [-0.1, -0.05) is 44.2 Å². The molecule has 1 spiro atoms. The van der Waals surface area contributed by atoms with Gasteiger partial charge >= 0.3 is 6.03 Å². The van der Waals surface area contributed by atoms with Crippen LogP contribution in [-0.2, 0) is 17.6 Å². The molecule has 8 N–H and O–H groups in total. The Labute approximate surface area is 253 Å². The van der Waals surface area contributed by atoms with Gasteiger partial charge in [-0.3, -0.25) is 19.4 Å². The summed E-state index contributed by atoms with van der Waals surface area (Å²) in [4.78, 5) is 52.8. The monoisotopic (exact) mass is 601 g/mol. The quantitative estimate of drug-likeness (QED) is 0.185. The summed E-state index contributed by atoms with van der Waals surface area (Å²) in [5, 5.41) is 29.4. The number of amides is 4. The predicted octanol–water partition coefficient (Wildman–Crippen LogP) is -0.945. The van der Waals surface area contributed by atoms with Crippen molar-refractivity contribution >= 4 is 35.5 Å². The number of aliphatic imine (C=N–C) groups is 2. The van der Waals surface area contributed by atoms with Crippen molar-refractivity contribution in [1.82, 2.24) is 20.4 Å². The van der Waals surface area contributed by atoms with Gasteiger partial charge in [0, 0.05) is 17.8 Å². The van der Waals surface area contributed by atoms with Crippen LogP contribution in [-0.4, -0.2) is 99.0 Å². The zero-order valence-electron chi connectivity index (χ0n) is 24.4. The molecule has 2 aromatic carbocycles. The van der Waals surface area contributed by atoms with E-state index in [1.54, 1.807) is 30.3 Å². The molecule has 0 radical (unpaired) electrons. The molecule has 4 heterocycles. The van der Waals surface area contributed by atoms with E-state index >= 15 is 0 Å². The number of nitrogens with zero attached hydrogens (tertiary/aromatic N) is 5. The molecule has 230 valence electrons. The number of benzene rings is 2. The van der Waals surface area contributed by atoms with Crippen molar-refractivity contribution in [2.75, 3.05) is 24.5 Å². The van der Waals surface area contributed by atoms with E-state index in [1.165, 1.54) is 9.80 Å². The molecule has 0 saturated carbocycles. The van der Waals surface area contributed by atoms with Crippen molar-refractivity contribution in [3.8, 4) is 0 Å². The van der Waals surface area contributed by atoms with Gasteiger partial charge in [-0.05, 0) is 47.6 Å². The van der Waals surface area contributed by atoms with Crippen LogP contribution in [0.5, 0.6) is 0 Å². The standard InChI is InChI=1S/C30H35N9O5/c1-28(2)11-16-7-6-10-18(19(16)12-28)24(41)34-21-14-39-26(32)33-20(23-29(39,30(21,43)44)36-25(31)35-23)13-38-22(40)15-37(27(38)42)17-8-4-3-5-9-17/h3-10,20-21,23,43-44H,11-15H2,1-2H3,(H2,32,33)(H,34,41)(H3,31,35,36)/t20-,21?,23-,29?/m0/s1. The number of hydrogen-bond donors (Lipinski definition) is 6. The molecule has 0 aromatic heterocycles. The molecule has 2 unspecified atom stereocenters. The van der Waals surface area contributed by atoms with Crippen molar-refractivity contribution in [2.24, 2.45) is 26.9 Å². The summed E-state index contributed by atoms with van der Waals surface area (Å²) in [6, 6.07) is 10.6. The lowest BCUT2D eigenvalue weighted by atomic mass is 9.84. The molecule has 4 aliphatic heterocycles. The summed E-state index contributed by atoms with van der Waals surface area (Å²) in [5.74, 6) is -3.71. The molecule has 2 saturated heterocycles. The first-order chi connectivity index (χ1) is 20.8. The minimum absolute atomic E-state index is 0.00934. The zero-order valence-corrected chi connectivity index (χ0v) is 24.4. The molecular formula is C30H35N9O5. The number of fused-ring (bicyclic) bond motifs is 1. The van der Waals surface area contributed by atoms with Gasteiger partial charge in [-0.2, -0.15) is 0 Å². The number of carbonyl (C=O) groups excluding carboxylic acids is 3. The maximum Gasteiger partial charge on any atom is 0.331 e. The van der Waals surface area contributed by atoms with E-state index in [-0.39, 0.29) is 37.0 Å². The Morgan fingerprint density at radius 2 is 1.82 bits per heavy atom. The lowest BCUT2D eigenvalue weighted by Crippen LogP contribution is -2.78. The van der Waals surface area contributed by atoms with Crippen LogP contribution in [0.15, 0.2) is 58.5 Å². The normalized spacial score (nSPS) is 29.5. The van der Waals surface area contributed by atoms with E-state index < -0.39 is 47.4 Å². The molecule has 4 amide bonds. The second-order valence-corrected chi connectivity index (χ2v) is 12.9. The summed E-state index contributed by atoms with van der Waals surface area (Å²) in [6.45, 7) is 3.80. The van der Waals surface area contributed by atoms with Crippen molar-refractivity contribution in [3.63, 3.8) is 0 Å². The van der Waals surface area contributed by atoms with Crippen LogP contribution in [0.2, 0.25) is 0 Å². The molecule has 2 fully saturated rings. The van der Waals surface area contributed by atoms with E-state index in [4.69, 9.17) is 11.5 Å². The first-order valence-electron chi connectivity index (χ1n) is 14.6. The minimum atomic E-state index is -2.65. The molecular weight excluding hydrogens is 566 g/mol. The first kappa shape index (κ1) is 28.1. The Balaban J connectivity index is 1.16. The summed E-state index contributed by atoms with van der Waals surface area (Å²) >= 11 is 0. The Morgan fingerprint density at radius 3 is 2.57 bits per heavy atom. The zero-order chi connectivity index (χ0) is 31.2. The second-order valence-electron chi connectivity index (χ2n) is 12.9. The molecule has 4 atom stereocenters. The van der Waals surface area contributed by atoms with Gasteiger partial charge in [0.1, 0.15) is 18.6 Å². The summed E-state index contributed by atoms with van der Waals surface area (Å²) in [6.07, 6.45) is 1.57. The average Bonchev–Trinajstić information content (AvgIpc) is 3.65. The Kier molecular flexibility index (Phi) is 6.01. The van der Waals surface area contributed by atoms with E-state index in [1.807, 2.05) is 18.2 Å². The fourth-order valence-electron chi connectivity index (χ4n) is 7.47. The highest BCUT2D eigenvalue weighted by Gasteiger charge is 2.73. The number of hydrogen-bond acceptors (Lipinski definition) is 11. The smallest absolute Gasteiger partial charge is 0.331 e. The number of aliphatic hydroxyl groups is 2. The fraction of sp³-hybridized carbons (Fsp3) is 0.433. The summed E-state index contributed by atoms with van der Waals surface area (Å²) in [7, 11) is 0. The van der Waals surface area contributed by atoms with Crippen LogP contribution in [0.3, 0.4) is 0 Å². The molecule has 44 heavy (non-hydrogen) atoms. The first-order valence-corrected chi connectivity index (χ1v) is 14.6. The van der Waals surface area contributed by atoms with E-state index in [9.17, 15) is 24.6 Å². The van der Waals surface area contributed by atoms with E-state index in [2.05, 4.69) is 34.5 Å². The van der Waals surface area contributed by atoms with Crippen LogP contribution in [0.4, 0.5) is 10.5 Å². The fourth-order valence-corrected chi connectivity index (χ4v) is 7.47. The van der Waals surface area contributed by atoms with Crippen LogP contribution < -0.4 is 27.0 Å². The Bertz CT molecular complexity index is 1640. The Hall–Kier alpha value is -4.69. The topological polar surface area (TPSA) is 202 Å². The number of nitrogens with two attached hydrogens (primary N) is 2. The number of guanidine groups is 2. The molecule has 7 rings (SSSR count). The number of anilines is 1. The molecule has 14 heteroatoms. The average molecular weight is 602 g/mol. The van der Waals surface area contributed by atoms with Gasteiger partial charge in [0.25, 0.3) is 11.8 Å². The van der Waals surface area contributed by atoms with Crippen molar-refractivity contribution in [1.29, 1.82) is 0 Å². The second kappa shape index (κ2) is 9.40. The largest absolute Gasteiger partial charge is 0.370 e. The van der Waals surface area contributed by atoms with Gasteiger partial charge < -0.3 is 37.2 Å². The number of imide groups is 1. The molecule has 14 nitrogen and oxygen atoms in total. The van der Waals surface area contributed by atoms with Gasteiger partial charge in [-0.15, -0.1) is 0 Å². The molecule has 5 aliphatic rings. The maximum atomic E-state index is 13.6. The number of para-hydroxylation sites is 1. The third-order valence-corrected chi connectivity index (χ3v) is 9.44. The maximum absolute atomic E-state index is 13.6. The van der Waals surface area contributed by atoms with E-state index in [0.29, 0.717) is 11.3 Å². The molecule has 0 bridgehead atoms. The summed E-state index contributed by atoms with van der Waals surface area (Å²) < 4.78 is 0. The lowest BCUT2D eigenvalue weighted by Gasteiger charge is -2.49. The van der Waals surface area contributed by atoms with Gasteiger partial charge in [0.05, 0.1) is 12.6 Å². The van der Waals surface area contributed by atoms with Crippen molar-refractivity contribution in [2.45, 2.75) is 56.3 Å². The highest BCUT2D eigenvalue weighted by Crippen LogP contribution is 2.45. The number of nitrogens with one attached hydrogen (secondary N) is 2. The van der Waals surface area contributed by atoms with Crippen LogP contribution in [0, 0.1) is 5.41 Å². The van der Waals surface area contributed by atoms with Gasteiger partial charge in [-0.25, -0.2) is 14.8 Å². The molecule has 2 aromatic rings. The highest BCUT2D eigenvalue weighted by molar-refractivity contribution is 6.12. The number of carbonyl (C=O) groups is 3. The van der Waals surface area contributed by atoms with E-state index in [0.717, 1.165) is 28.9 Å². The highest BCUT2D eigenvalue weighted by atomic mass is 16.5. The lowest BCUT2D eigenvalue weighted by molar-refractivity contribution is -0.230. The van der Waals surface area contributed by atoms with Gasteiger partial charge in [0.2, 0.25) is 5.79 Å². The third-order valence-electron chi connectivity index (χ3n) is 9.44. The minimum Gasteiger partial charge on any atom is -0.370 e. The van der Waals surface area contributed by atoms with Crippen molar-refractivity contribution < 1.29 is 24.6 Å². The third kappa shape index (κ3) is 3.97. The van der Waals surface area contributed by atoms with Gasteiger partial charge in [0.15, 0.2) is 17.6 Å². The van der Waals surface area contributed by atoms with Crippen molar-refractivity contribution in [3.05, 3.63) is 65.2 Å². The predicted molar refractivity (Wildman–Crippen MR) is 160 cm³/mol. The Morgan fingerprint density at radius 1 is 1.07 bits per heavy atom. The molecule has 1 aliphatic carbocycles. The van der Waals surface area contributed by atoms with Crippen LogP contribution in [0.25, 0.3) is 0 Å². The summed E-state index contributed by atoms with van der Waals surface area (Å²) in [5.41, 5.74) is 13.8. The van der Waals surface area contributed by atoms with Crippen LogP contribution in [0.1, 0.15) is 35.3 Å². The van der Waals surface area contributed by atoms with Crippen LogP contribution >= 0.6 is 0 Å². The number of rotatable bonds is 5. The number of urea groups is 1.